The highest BCUT2D eigenvalue weighted by Gasteiger charge is 2.13. The number of nitrogen functional groups attached to an aromatic ring is 1. The van der Waals surface area contributed by atoms with E-state index in [4.69, 9.17) is 10.3 Å². The Morgan fingerprint density at radius 3 is 2.78 bits per heavy atom. The van der Waals surface area contributed by atoms with Crippen LogP contribution in [0.25, 0.3) is 0 Å². The number of hydrazine groups is 1. The van der Waals surface area contributed by atoms with Crippen LogP contribution in [-0.4, -0.2) is 36.9 Å². The molecule has 1 heterocycles. The molecule has 7 nitrogen and oxygen atoms in total. The molecule has 100 valence electrons. The third-order valence-corrected chi connectivity index (χ3v) is 2.52. The van der Waals surface area contributed by atoms with Crippen molar-refractivity contribution in [3.05, 3.63) is 23.7 Å². The summed E-state index contributed by atoms with van der Waals surface area (Å²) in [5.74, 6) is 5.16. The van der Waals surface area contributed by atoms with E-state index in [-0.39, 0.29) is 12.5 Å². The molecule has 0 saturated heterocycles. The maximum absolute atomic E-state index is 11.3. The molecule has 2 amide bonds. The first-order valence-electron chi connectivity index (χ1n) is 5.62. The zero-order valence-corrected chi connectivity index (χ0v) is 10.5. The van der Waals surface area contributed by atoms with Gasteiger partial charge in [0.25, 0.3) is 5.91 Å². The van der Waals surface area contributed by atoms with Crippen molar-refractivity contribution in [2.24, 2.45) is 5.84 Å². The predicted molar refractivity (Wildman–Crippen MR) is 65.4 cm³/mol. The number of carbonyl (C=O) groups is 2. The number of furan rings is 1. The summed E-state index contributed by atoms with van der Waals surface area (Å²) in [6.45, 7) is 3.39. The lowest BCUT2D eigenvalue weighted by Gasteiger charge is -2.17. The van der Waals surface area contributed by atoms with E-state index < -0.39 is 5.91 Å². The van der Waals surface area contributed by atoms with Crippen LogP contribution in [0.1, 0.15) is 23.0 Å². The minimum atomic E-state index is -0.403. The van der Waals surface area contributed by atoms with Gasteiger partial charge in [-0.2, -0.15) is 0 Å². The average Bonchev–Trinajstić information content (AvgIpc) is 2.85. The number of likely N-dealkylation sites (N-methyl/N-ethyl adjacent to an activating group) is 2. The normalized spacial score (nSPS) is 10.4. The van der Waals surface area contributed by atoms with Gasteiger partial charge in [0.15, 0.2) is 0 Å². The molecule has 4 N–H and O–H groups in total. The van der Waals surface area contributed by atoms with E-state index in [1.165, 1.54) is 6.26 Å². The van der Waals surface area contributed by atoms with E-state index in [9.17, 15) is 9.59 Å². The zero-order valence-electron chi connectivity index (χ0n) is 10.5. The highest BCUT2D eigenvalue weighted by Crippen LogP contribution is 2.10. The number of rotatable bonds is 6. The third kappa shape index (κ3) is 3.86. The molecule has 0 aliphatic rings. The molecule has 0 radical (unpaired) electrons. The Balaban J connectivity index is 2.62. The van der Waals surface area contributed by atoms with E-state index in [0.29, 0.717) is 24.4 Å². The van der Waals surface area contributed by atoms with Crippen LogP contribution in [0.3, 0.4) is 0 Å². The van der Waals surface area contributed by atoms with Gasteiger partial charge >= 0.3 is 0 Å². The SMILES string of the molecule is CCN(CC(=O)NC)Cc1cc(C(=O)NN)co1. The van der Waals surface area contributed by atoms with Crippen molar-refractivity contribution in [2.45, 2.75) is 13.5 Å². The van der Waals surface area contributed by atoms with Gasteiger partial charge in [-0.3, -0.25) is 19.9 Å². The number of carbonyl (C=O) groups excluding carboxylic acids is 2. The largest absolute Gasteiger partial charge is 0.467 e. The summed E-state index contributed by atoms with van der Waals surface area (Å²) in [7, 11) is 1.59. The molecule has 18 heavy (non-hydrogen) atoms. The summed E-state index contributed by atoms with van der Waals surface area (Å²) >= 11 is 0. The Kier molecular flexibility index (Phi) is 5.34. The molecule has 0 fully saturated rings. The van der Waals surface area contributed by atoms with E-state index in [2.05, 4.69) is 5.32 Å². The fourth-order valence-corrected chi connectivity index (χ4v) is 1.45. The van der Waals surface area contributed by atoms with Crippen LogP contribution >= 0.6 is 0 Å². The second kappa shape index (κ2) is 6.77. The Labute approximate surface area is 105 Å². The van der Waals surface area contributed by atoms with E-state index in [1.54, 1.807) is 13.1 Å². The first-order chi connectivity index (χ1) is 8.60. The minimum absolute atomic E-state index is 0.0664. The molecule has 0 spiro atoms. The molecule has 0 aliphatic carbocycles. The highest BCUT2D eigenvalue weighted by molar-refractivity contribution is 5.93. The molecule has 0 bridgehead atoms. The van der Waals surface area contributed by atoms with Gasteiger partial charge in [0.1, 0.15) is 12.0 Å². The number of hydrogen-bond donors (Lipinski definition) is 3. The second-order valence-electron chi connectivity index (χ2n) is 3.75. The average molecular weight is 254 g/mol. The predicted octanol–water partition coefficient (Wildman–Crippen LogP) is -0.549. The molecular formula is C11H18N4O3. The summed E-state index contributed by atoms with van der Waals surface area (Å²) in [4.78, 5) is 24.4. The monoisotopic (exact) mass is 254 g/mol. The number of nitrogens with zero attached hydrogens (tertiary/aromatic N) is 1. The maximum Gasteiger partial charge on any atom is 0.268 e. The van der Waals surface area contributed by atoms with Crippen molar-refractivity contribution in [3.63, 3.8) is 0 Å². The molecule has 0 atom stereocenters. The Bertz CT molecular complexity index is 416. The highest BCUT2D eigenvalue weighted by atomic mass is 16.3. The maximum atomic E-state index is 11.3. The van der Waals surface area contributed by atoms with E-state index >= 15 is 0 Å². The lowest BCUT2D eigenvalue weighted by atomic mass is 10.3. The van der Waals surface area contributed by atoms with Gasteiger partial charge in [0, 0.05) is 7.05 Å². The summed E-state index contributed by atoms with van der Waals surface area (Å²) in [6.07, 6.45) is 1.34. The van der Waals surface area contributed by atoms with Crippen LogP contribution in [0.15, 0.2) is 16.7 Å². The molecule has 0 unspecified atom stereocenters. The van der Waals surface area contributed by atoms with Gasteiger partial charge < -0.3 is 9.73 Å². The van der Waals surface area contributed by atoms with Gasteiger partial charge in [0.05, 0.1) is 18.7 Å². The van der Waals surface area contributed by atoms with Crippen LogP contribution in [0.2, 0.25) is 0 Å². The van der Waals surface area contributed by atoms with Gasteiger partial charge in [0.2, 0.25) is 5.91 Å². The van der Waals surface area contributed by atoms with E-state index in [1.807, 2.05) is 17.2 Å². The fourth-order valence-electron chi connectivity index (χ4n) is 1.45. The molecule has 0 saturated carbocycles. The van der Waals surface area contributed by atoms with Crippen molar-refractivity contribution in [2.75, 3.05) is 20.1 Å². The van der Waals surface area contributed by atoms with Crippen LogP contribution < -0.4 is 16.6 Å². The van der Waals surface area contributed by atoms with Gasteiger partial charge in [-0.1, -0.05) is 6.92 Å². The van der Waals surface area contributed by atoms with E-state index in [0.717, 1.165) is 0 Å². The van der Waals surface area contributed by atoms with Crippen LogP contribution in [0.4, 0.5) is 0 Å². The molecule has 1 aromatic rings. The number of amides is 2. The number of nitrogens with two attached hydrogens (primary N) is 1. The van der Waals surface area contributed by atoms with Crippen molar-refractivity contribution in [1.29, 1.82) is 0 Å². The second-order valence-corrected chi connectivity index (χ2v) is 3.75. The first kappa shape index (κ1) is 14.2. The quantitative estimate of drug-likeness (QED) is 0.359. The standard InChI is InChI=1S/C11H18N4O3/c1-3-15(6-10(16)13-2)5-9-4-8(7-18-9)11(17)14-12/h4,7H,3,5-6,12H2,1-2H3,(H,13,16)(H,14,17). The lowest BCUT2D eigenvalue weighted by molar-refractivity contribution is -0.121. The minimum Gasteiger partial charge on any atom is -0.467 e. The van der Waals surface area contributed by atoms with Crippen molar-refractivity contribution >= 4 is 11.8 Å². The fraction of sp³-hybridized carbons (Fsp3) is 0.455. The van der Waals surface area contributed by atoms with Crippen LogP contribution in [-0.2, 0) is 11.3 Å². The zero-order chi connectivity index (χ0) is 13.5. The summed E-state index contributed by atoms with van der Waals surface area (Å²) in [5, 5.41) is 2.56. The Morgan fingerprint density at radius 2 is 2.22 bits per heavy atom. The molecular weight excluding hydrogens is 236 g/mol. The lowest BCUT2D eigenvalue weighted by Crippen LogP contribution is -2.35. The third-order valence-electron chi connectivity index (χ3n) is 2.52. The summed E-state index contributed by atoms with van der Waals surface area (Å²) in [5.41, 5.74) is 2.39. The van der Waals surface area contributed by atoms with Gasteiger partial charge in [-0.15, -0.1) is 0 Å². The van der Waals surface area contributed by atoms with Crippen molar-refractivity contribution < 1.29 is 14.0 Å². The van der Waals surface area contributed by atoms with Gasteiger partial charge in [-0.25, -0.2) is 5.84 Å². The molecule has 1 rings (SSSR count). The van der Waals surface area contributed by atoms with Crippen molar-refractivity contribution in [3.8, 4) is 0 Å². The number of hydrogen-bond acceptors (Lipinski definition) is 5. The van der Waals surface area contributed by atoms with Crippen LogP contribution in [0.5, 0.6) is 0 Å². The van der Waals surface area contributed by atoms with Crippen molar-refractivity contribution in [1.82, 2.24) is 15.6 Å². The molecule has 1 aromatic heterocycles. The molecule has 0 aromatic carbocycles. The molecule has 0 aliphatic heterocycles. The first-order valence-corrected chi connectivity index (χ1v) is 5.62. The molecule has 7 heteroatoms. The summed E-state index contributed by atoms with van der Waals surface area (Å²) in [6, 6.07) is 1.61. The van der Waals surface area contributed by atoms with Gasteiger partial charge in [-0.05, 0) is 12.6 Å². The number of nitrogens with one attached hydrogen (secondary N) is 2. The smallest absolute Gasteiger partial charge is 0.268 e. The van der Waals surface area contributed by atoms with Crippen LogP contribution in [0, 0.1) is 0 Å². The Hall–Kier alpha value is -1.86. The topological polar surface area (TPSA) is 101 Å². The summed E-state index contributed by atoms with van der Waals surface area (Å²) < 4.78 is 5.25. The Morgan fingerprint density at radius 1 is 1.50 bits per heavy atom.